The molecule has 7 nitrogen and oxygen atoms in total. The van der Waals surface area contributed by atoms with Gasteiger partial charge in [-0.25, -0.2) is 9.97 Å². The van der Waals surface area contributed by atoms with E-state index in [0.29, 0.717) is 11.6 Å². The van der Waals surface area contributed by atoms with Crippen LogP contribution in [0.25, 0.3) is 0 Å². The maximum atomic E-state index is 11.8. The average molecular weight is 249 g/mol. The third-order valence-corrected chi connectivity index (χ3v) is 2.73. The fourth-order valence-electron chi connectivity index (χ4n) is 1.80. The molecule has 2 rings (SSSR count). The molecule has 2 N–H and O–H groups in total. The topological polar surface area (TPSA) is 92.4 Å². The molecular formula is C11H15N5O2. The van der Waals surface area contributed by atoms with Crippen molar-refractivity contribution in [3.63, 3.8) is 0 Å². The van der Waals surface area contributed by atoms with Crippen LogP contribution in [0.15, 0.2) is 6.07 Å². The third kappa shape index (κ3) is 2.55. The first-order valence-corrected chi connectivity index (χ1v) is 5.57. The summed E-state index contributed by atoms with van der Waals surface area (Å²) in [5.41, 5.74) is 6.36. The lowest BCUT2D eigenvalue weighted by Crippen LogP contribution is -2.51. The van der Waals surface area contributed by atoms with Crippen LogP contribution in [0.2, 0.25) is 0 Å². The van der Waals surface area contributed by atoms with Crippen molar-refractivity contribution in [1.82, 2.24) is 19.8 Å². The summed E-state index contributed by atoms with van der Waals surface area (Å²) in [5.74, 6) is 0.625. The molecule has 18 heavy (non-hydrogen) atoms. The van der Waals surface area contributed by atoms with Crippen molar-refractivity contribution < 1.29 is 9.59 Å². The van der Waals surface area contributed by atoms with Crippen molar-refractivity contribution in [2.45, 2.75) is 13.5 Å². The van der Waals surface area contributed by atoms with Crippen LogP contribution in [-0.4, -0.2) is 51.7 Å². The van der Waals surface area contributed by atoms with E-state index in [9.17, 15) is 9.59 Å². The van der Waals surface area contributed by atoms with Gasteiger partial charge in [-0.2, -0.15) is 0 Å². The van der Waals surface area contributed by atoms with E-state index in [4.69, 9.17) is 5.73 Å². The van der Waals surface area contributed by atoms with Crippen LogP contribution < -0.4 is 5.73 Å². The molecule has 96 valence electrons. The number of aryl methyl sites for hydroxylation is 1. The Labute approximate surface area is 105 Å². The van der Waals surface area contributed by atoms with Gasteiger partial charge in [0.1, 0.15) is 18.2 Å². The van der Waals surface area contributed by atoms with Crippen molar-refractivity contribution in [2.24, 2.45) is 0 Å². The first-order chi connectivity index (χ1) is 8.45. The number of likely N-dealkylation sites (N-methyl/N-ethyl adjacent to an activating group) is 1. The molecule has 1 saturated heterocycles. The van der Waals surface area contributed by atoms with E-state index >= 15 is 0 Å². The van der Waals surface area contributed by atoms with Crippen LogP contribution >= 0.6 is 0 Å². The van der Waals surface area contributed by atoms with Gasteiger partial charge in [0.25, 0.3) is 0 Å². The molecule has 0 aliphatic carbocycles. The molecule has 0 spiro atoms. The Kier molecular flexibility index (Phi) is 3.14. The van der Waals surface area contributed by atoms with Gasteiger partial charge in [0.15, 0.2) is 0 Å². The first kappa shape index (κ1) is 12.3. The highest BCUT2D eigenvalue weighted by molar-refractivity contribution is 5.92. The number of hydrogen-bond acceptors (Lipinski definition) is 5. The zero-order chi connectivity index (χ0) is 13.3. The van der Waals surface area contributed by atoms with Gasteiger partial charge >= 0.3 is 0 Å². The van der Waals surface area contributed by atoms with Gasteiger partial charge in [0.2, 0.25) is 11.8 Å². The summed E-state index contributed by atoms with van der Waals surface area (Å²) >= 11 is 0. The molecule has 1 aliphatic heterocycles. The van der Waals surface area contributed by atoms with Crippen LogP contribution in [0.5, 0.6) is 0 Å². The van der Waals surface area contributed by atoms with Crippen molar-refractivity contribution in [3.8, 4) is 0 Å². The molecule has 2 amide bonds. The van der Waals surface area contributed by atoms with E-state index < -0.39 is 0 Å². The lowest BCUT2D eigenvalue weighted by Gasteiger charge is -2.31. The number of nitrogens with two attached hydrogens (primary N) is 1. The highest BCUT2D eigenvalue weighted by atomic mass is 16.2. The number of nitrogen functional groups attached to an aromatic ring is 1. The summed E-state index contributed by atoms with van der Waals surface area (Å²) in [6.07, 6.45) is 0. The second-order valence-electron chi connectivity index (χ2n) is 4.35. The summed E-state index contributed by atoms with van der Waals surface area (Å²) in [6, 6.07) is 1.65. The summed E-state index contributed by atoms with van der Waals surface area (Å²) in [4.78, 5) is 34.4. The number of piperazine rings is 1. The quantitative estimate of drug-likeness (QED) is 0.738. The zero-order valence-electron chi connectivity index (χ0n) is 10.4. The van der Waals surface area contributed by atoms with Crippen LogP contribution in [0.3, 0.4) is 0 Å². The van der Waals surface area contributed by atoms with Crippen LogP contribution in [0, 0.1) is 6.92 Å². The average Bonchev–Trinajstić information content (AvgIpc) is 2.24. The smallest absolute Gasteiger partial charge is 0.243 e. The standard InChI is InChI=1S/C11H15N5O2/c1-7-3-8(12)14-9(13-7)4-16-6-10(17)15(2)5-11(16)18/h3H,4-6H2,1-2H3,(H2,12,13,14). The van der Waals surface area contributed by atoms with E-state index in [2.05, 4.69) is 9.97 Å². The third-order valence-electron chi connectivity index (χ3n) is 2.73. The van der Waals surface area contributed by atoms with E-state index in [1.807, 2.05) is 0 Å². The summed E-state index contributed by atoms with van der Waals surface area (Å²) in [7, 11) is 1.61. The highest BCUT2D eigenvalue weighted by Gasteiger charge is 2.27. The predicted octanol–water partition coefficient (Wildman–Crippen LogP) is -0.832. The molecule has 0 radical (unpaired) electrons. The molecule has 1 aromatic heterocycles. The van der Waals surface area contributed by atoms with Gasteiger partial charge in [0, 0.05) is 18.8 Å². The molecule has 7 heteroatoms. The van der Waals surface area contributed by atoms with E-state index in [1.165, 1.54) is 9.80 Å². The van der Waals surface area contributed by atoms with Gasteiger partial charge in [0.05, 0.1) is 13.1 Å². The Morgan fingerprint density at radius 3 is 2.67 bits per heavy atom. The van der Waals surface area contributed by atoms with Gasteiger partial charge in [-0.3, -0.25) is 9.59 Å². The minimum Gasteiger partial charge on any atom is -0.384 e. The number of hydrogen-bond donors (Lipinski definition) is 1. The Hall–Kier alpha value is -2.18. The Bertz CT molecular complexity index is 482. The molecule has 0 bridgehead atoms. The number of anilines is 1. The molecule has 1 aliphatic rings. The van der Waals surface area contributed by atoms with Gasteiger partial charge in [-0.15, -0.1) is 0 Å². The fourth-order valence-corrected chi connectivity index (χ4v) is 1.80. The lowest BCUT2D eigenvalue weighted by molar-refractivity contribution is -0.149. The maximum absolute atomic E-state index is 11.8. The molecule has 0 saturated carbocycles. The zero-order valence-corrected chi connectivity index (χ0v) is 10.4. The van der Waals surface area contributed by atoms with E-state index in [1.54, 1.807) is 20.0 Å². The monoisotopic (exact) mass is 249 g/mol. The number of rotatable bonds is 2. The van der Waals surface area contributed by atoms with Crippen molar-refractivity contribution in [2.75, 3.05) is 25.9 Å². The maximum Gasteiger partial charge on any atom is 0.243 e. The summed E-state index contributed by atoms with van der Waals surface area (Å²) in [5, 5.41) is 0. The van der Waals surface area contributed by atoms with Gasteiger partial charge in [-0.05, 0) is 6.92 Å². The summed E-state index contributed by atoms with van der Waals surface area (Å²) < 4.78 is 0. The fraction of sp³-hybridized carbons (Fsp3) is 0.455. The molecule has 0 atom stereocenters. The second-order valence-corrected chi connectivity index (χ2v) is 4.35. The highest BCUT2D eigenvalue weighted by Crippen LogP contribution is 2.09. The number of carbonyl (C=O) groups excluding carboxylic acids is 2. The van der Waals surface area contributed by atoms with Crippen LogP contribution in [0.4, 0.5) is 5.82 Å². The predicted molar refractivity (Wildman–Crippen MR) is 64.2 cm³/mol. The Morgan fingerprint density at radius 2 is 2.00 bits per heavy atom. The van der Waals surface area contributed by atoms with Gasteiger partial charge < -0.3 is 15.5 Å². The number of carbonyl (C=O) groups is 2. The van der Waals surface area contributed by atoms with E-state index in [-0.39, 0.29) is 31.4 Å². The number of amides is 2. The van der Waals surface area contributed by atoms with Crippen molar-refractivity contribution >= 4 is 17.6 Å². The first-order valence-electron chi connectivity index (χ1n) is 5.57. The van der Waals surface area contributed by atoms with E-state index in [0.717, 1.165) is 5.69 Å². The second kappa shape index (κ2) is 4.59. The Morgan fingerprint density at radius 1 is 1.28 bits per heavy atom. The molecule has 0 unspecified atom stereocenters. The molecule has 1 fully saturated rings. The van der Waals surface area contributed by atoms with Crippen molar-refractivity contribution in [1.29, 1.82) is 0 Å². The molecule has 2 heterocycles. The number of aromatic nitrogens is 2. The van der Waals surface area contributed by atoms with Crippen LogP contribution in [-0.2, 0) is 16.1 Å². The largest absolute Gasteiger partial charge is 0.384 e. The Balaban J connectivity index is 2.13. The molecule has 1 aromatic rings. The SMILES string of the molecule is Cc1cc(N)nc(CN2CC(=O)N(C)CC2=O)n1. The minimum absolute atomic E-state index is 0.0620. The van der Waals surface area contributed by atoms with Crippen LogP contribution in [0.1, 0.15) is 11.5 Å². The molecule has 0 aromatic carbocycles. The molecular weight excluding hydrogens is 234 g/mol. The lowest BCUT2D eigenvalue weighted by atomic mass is 10.3. The van der Waals surface area contributed by atoms with Crippen molar-refractivity contribution in [3.05, 3.63) is 17.6 Å². The van der Waals surface area contributed by atoms with Gasteiger partial charge in [-0.1, -0.05) is 0 Å². The number of nitrogens with zero attached hydrogens (tertiary/aromatic N) is 4. The normalized spacial score (nSPS) is 16.3. The minimum atomic E-state index is -0.110. The summed E-state index contributed by atoms with van der Waals surface area (Å²) in [6.45, 7) is 2.18.